The highest BCUT2D eigenvalue weighted by Crippen LogP contribution is 2.12. The van der Waals surface area contributed by atoms with Crippen molar-refractivity contribution in [2.45, 2.75) is 26.4 Å². The quantitative estimate of drug-likeness (QED) is 0.888. The lowest BCUT2D eigenvalue weighted by atomic mass is 10.2. The Bertz CT molecular complexity index is 608. The van der Waals surface area contributed by atoms with Gasteiger partial charge in [-0.05, 0) is 39.0 Å². The van der Waals surface area contributed by atoms with E-state index in [9.17, 15) is 9.59 Å². The second-order valence-corrected chi connectivity index (χ2v) is 7.51. The third kappa shape index (κ3) is 6.55. The van der Waals surface area contributed by atoms with Crippen molar-refractivity contribution in [3.8, 4) is 0 Å². The van der Waals surface area contributed by atoms with Crippen molar-refractivity contribution in [3.05, 3.63) is 34.9 Å². The van der Waals surface area contributed by atoms with Crippen LogP contribution >= 0.6 is 11.6 Å². The molecule has 0 spiro atoms. The number of halogens is 1. The van der Waals surface area contributed by atoms with Crippen LogP contribution in [0.3, 0.4) is 0 Å². The Kier molecular flexibility index (Phi) is 6.67. The molecule has 1 aromatic carbocycles. The number of carbonyl (C=O) groups excluding carboxylic acids is 2. The molecular formula is C18H26ClN3O3. The average molecular weight is 368 g/mol. The van der Waals surface area contributed by atoms with E-state index in [-0.39, 0.29) is 12.0 Å². The fraction of sp³-hybridized carbons (Fsp3) is 0.556. The van der Waals surface area contributed by atoms with E-state index in [1.165, 1.54) is 0 Å². The molecule has 0 radical (unpaired) electrons. The van der Waals surface area contributed by atoms with Gasteiger partial charge in [-0.1, -0.05) is 17.7 Å². The third-order valence-corrected chi connectivity index (χ3v) is 4.06. The first kappa shape index (κ1) is 19.5. The average Bonchev–Trinajstić information content (AvgIpc) is 2.53. The Morgan fingerprint density at radius 2 is 1.88 bits per heavy atom. The van der Waals surface area contributed by atoms with Gasteiger partial charge in [0.1, 0.15) is 5.60 Å². The first-order valence-corrected chi connectivity index (χ1v) is 8.86. The molecular weight excluding hydrogens is 342 g/mol. The normalized spacial score (nSPS) is 15.8. The molecule has 6 nitrogen and oxygen atoms in total. The second kappa shape index (κ2) is 8.54. The number of hydrogen-bond donors (Lipinski definition) is 1. The van der Waals surface area contributed by atoms with Gasteiger partial charge in [-0.25, -0.2) is 4.79 Å². The fourth-order valence-corrected chi connectivity index (χ4v) is 2.73. The minimum absolute atomic E-state index is 0.130. The van der Waals surface area contributed by atoms with Crippen molar-refractivity contribution < 1.29 is 14.3 Å². The molecule has 1 aromatic rings. The molecule has 0 bridgehead atoms. The van der Waals surface area contributed by atoms with Crippen molar-refractivity contribution in [1.82, 2.24) is 15.1 Å². The highest BCUT2D eigenvalue weighted by molar-refractivity contribution is 6.30. The summed E-state index contributed by atoms with van der Waals surface area (Å²) in [4.78, 5) is 28.0. The van der Waals surface area contributed by atoms with E-state index in [0.717, 1.165) is 19.6 Å². The lowest BCUT2D eigenvalue weighted by Gasteiger charge is -2.35. The number of piperazine rings is 1. The van der Waals surface area contributed by atoms with Crippen LogP contribution in [0.1, 0.15) is 31.1 Å². The van der Waals surface area contributed by atoms with Gasteiger partial charge in [0.15, 0.2) is 0 Å². The van der Waals surface area contributed by atoms with Gasteiger partial charge < -0.3 is 15.0 Å². The standard InChI is InChI=1S/C18H26ClN3O3/c1-18(2,3)25-17(24)22-11-9-21(10-12-22)8-7-20-16(23)14-5-4-6-15(19)13-14/h4-6,13H,7-12H2,1-3H3,(H,20,23). The molecule has 1 fully saturated rings. The molecule has 2 rings (SSSR count). The summed E-state index contributed by atoms with van der Waals surface area (Å²) < 4.78 is 5.38. The number of rotatable bonds is 4. The van der Waals surface area contributed by atoms with Crippen LogP contribution in [0.2, 0.25) is 5.02 Å². The molecule has 1 saturated heterocycles. The van der Waals surface area contributed by atoms with Crippen molar-refractivity contribution in [1.29, 1.82) is 0 Å². The number of benzene rings is 1. The molecule has 25 heavy (non-hydrogen) atoms. The third-order valence-electron chi connectivity index (χ3n) is 3.82. The summed E-state index contributed by atoms with van der Waals surface area (Å²) in [7, 11) is 0. The molecule has 1 N–H and O–H groups in total. The number of nitrogens with one attached hydrogen (secondary N) is 1. The van der Waals surface area contributed by atoms with E-state index in [4.69, 9.17) is 16.3 Å². The Hall–Kier alpha value is -1.79. The van der Waals surface area contributed by atoms with Crippen LogP contribution in [-0.4, -0.2) is 66.7 Å². The highest BCUT2D eigenvalue weighted by Gasteiger charge is 2.25. The lowest BCUT2D eigenvalue weighted by Crippen LogP contribution is -2.51. The maximum absolute atomic E-state index is 12.1. The monoisotopic (exact) mass is 367 g/mol. The number of ether oxygens (including phenoxy) is 1. The Morgan fingerprint density at radius 1 is 1.20 bits per heavy atom. The summed E-state index contributed by atoms with van der Waals surface area (Å²) in [5.41, 5.74) is 0.0843. The van der Waals surface area contributed by atoms with Gasteiger partial charge in [-0.3, -0.25) is 9.69 Å². The Labute approximate surface area is 154 Å². The molecule has 1 heterocycles. The lowest BCUT2D eigenvalue weighted by molar-refractivity contribution is 0.0147. The van der Waals surface area contributed by atoms with Gasteiger partial charge >= 0.3 is 6.09 Å². The van der Waals surface area contributed by atoms with Crippen LogP contribution in [0.4, 0.5) is 4.79 Å². The molecule has 1 aliphatic heterocycles. The molecule has 2 amide bonds. The minimum Gasteiger partial charge on any atom is -0.444 e. The van der Waals surface area contributed by atoms with Crippen LogP contribution in [0.5, 0.6) is 0 Å². The highest BCUT2D eigenvalue weighted by atomic mass is 35.5. The number of hydrogen-bond acceptors (Lipinski definition) is 4. The van der Waals surface area contributed by atoms with Gasteiger partial charge in [-0.2, -0.15) is 0 Å². The predicted octanol–water partition coefficient (Wildman–Crippen LogP) is 2.62. The summed E-state index contributed by atoms with van der Waals surface area (Å²) in [5.74, 6) is -0.130. The minimum atomic E-state index is -0.473. The predicted molar refractivity (Wildman–Crippen MR) is 98.0 cm³/mol. The van der Waals surface area contributed by atoms with Gasteiger partial charge in [0.25, 0.3) is 5.91 Å². The van der Waals surface area contributed by atoms with Crippen molar-refractivity contribution >= 4 is 23.6 Å². The van der Waals surface area contributed by atoms with Crippen LogP contribution in [0, 0.1) is 0 Å². The summed E-state index contributed by atoms with van der Waals surface area (Å²) >= 11 is 5.89. The van der Waals surface area contributed by atoms with Crippen molar-refractivity contribution in [2.75, 3.05) is 39.3 Å². The van der Waals surface area contributed by atoms with Crippen molar-refractivity contribution in [2.24, 2.45) is 0 Å². The summed E-state index contributed by atoms with van der Waals surface area (Å²) in [6.45, 7) is 9.70. The summed E-state index contributed by atoms with van der Waals surface area (Å²) in [6.07, 6.45) is -0.263. The smallest absolute Gasteiger partial charge is 0.410 e. The van der Waals surface area contributed by atoms with E-state index in [0.29, 0.717) is 30.2 Å². The van der Waals surface area contributed by atoms with E-state index >= 15 is 0 Å². The maximum Gasteiger partial charge on any atom is 0.410 e. The maximum atomic E-state index is 12.1. The van der Waals surface area contributed by atoms with E-state index in [1.54, 1.807) is 29.2 Å². The molecule has 7 heteroatoms. The molecule has 0 aliphatic carbocycles. The zero-order chi connectivity index (χ0) is 18.4. The fourth-order valence-electron chi connectivity index (χ4n) is 2.54. The van der Waals surface area contributed by atoms with Gasteiger partial charge in [0, 0.05) is 49.9 Å². The molecule has 138 valence electrons. The zero-order valence-electron chi connectivity index (χ0n) is 15.0. The van der Waals surface area contributed by atoms with E-state index in [2.05, 4.69) is 10.2 Å². The van der Waals surface area contributed by atoms with Gasteiger partial charge in [0.05, 0.1) is 0 Å². The van der Waals surface area contributed by atoms with Crippen LogP contribution in [0.25, 0.3) is 0 Å². The number of amides is 2. The SMILES string of the molecule is CC(C)(C)OC(=O)N1CCN(CCNC(=O)c2cccc(Cl)c2)CC1. The van der Waals surface area contributed by atoms with Crippen LogP contribution in [0.15, 0.2) is 24.3 Å². The van der Waals surface area contributed by atoms with E-state index < -0.39 is 5.60 Å². The number of nitrogens with zero attached hydrogens (tertiary/aromatic N) is 2. The first-order chi connectivity index (χ1) is 11.7. The topological polar surface area (TPSA) is 61.9 Å². The summed E-state index contributed by atoms with van der Waals surface area (Å²) in [5, 5.41) is 3.44. The van der Waals surface area contributed by atoms with Crippen LogP contribution < -0.4 is 5.32 Å². The Morgan fingerprint density at radius 3 is 2.48 bits per heavy atom. The molecule has 0 saturated carbocycles. The molecule has 0 atom stereocenters. The first-order valence-electron chi connectivity index (χ1n) is 8.49. The molecule has 0 aromatic heterocycles. The van der Waals surface area contributed by atoms with E-state index in [1.807, 2.05) is 20.8 Å². The summed E-state index contributed by atoms with van der Waals surface area (Å²) in [6, 6.07) is 6.88. The van der Waals surface area contributed by atoms with Crippen molar-refractivity contribution in [3.63, 3.8) is 0 Å². The zero-order valence-corrected chi connectivity index (χ0v) is 15.8. The molecule has 0 unspecified atom stereocenters. The van der Waals surface area contributed by atoms with Gasteiger partial charge in [-0.15, -0.1) is 0 Å². The Balaban J connectivity index is 1.69. The largest absolute Gasteiger partial charge is 0.444 e. The molecule has 1 aliphatic rings. The van der Waals surface area contributed by atoms with Crippen LogP contribution in [-0.2, 0) is 4.74 Å². The number of carbonyl (C=O) groups is 2. The van der Waals surface area contributed by atoms with Gasteiger partial charge in [0.2, 0.25) is 0 Å². The second-order valence-electron chi connectivity index (χ2n) is 7.08.